The van der Waals surface area contributed by atoms with E-state index in [0.717, 1.165) is 10.8 Å². The van der Waals surface area contributed by atoms with Crippen molar-refractivity contribution in [3.05, 3.63) is 55.1 Å². The molecule has 0 aromatic heterocycles. The summed E-state index contributed by atoms with van der Waals surface area (Å²) in [7, 11) is 0. The van der Waals surface area contributed by atoms with Gasteiger partial charge in [0.15, 0.2) is 0 Å². The van der Waals surface area contributed by atoms with Crippen molar-refractivity contribution in [1.82, 2.24) is 4.90 Å². The monoisotopic (exact) mass is 506 g/mol. The number of benzene rings is 2. The number of carbonyl (C=O) groups is 3. The number of carbonyl (C=O) groups excluding carboxylic acids is 2. The quantitative estimate of drug-likeness (QED) is 0.378. The van der Waals surface area contributed by atoms with Crippen molar-refractivity contribution in [1.29, 1.82) is 0 Å². The van der Waals surface area contributed by atoms with E-state index in [0.29, 0.717) is 37.8 Å². The summed E-state index contributed by atoms with van der Waals surface area (Å²) in [4.78, 5) is 44.0. The second kappa shape index (κ2) is 9.58. The summed E-state index contributed by atoms with van der Waals surface area (Å²) in [5.74, 6) is -3.60. The first-order chi connectivity index (χ1) is 17.8. The van der Waals surface area contributed by atoms with E-state index in [1.54, 1.807) is 11.0 Å². The van der Waals surface area contributed by atoms with Crippen molar-refractivity contribution in [3.8, 4) is 0 Å². The van der Waals surface area contributed by atoms with Gasteiger partial charge in [0.1, 0.15) is 17.6 Å². The molecule has 1 spiro atoms. The molecular weight excluding hydrogens is 472 g/mol. The number of unbranched alkanes of at least 4 members (excludes halogenated alkanes) is 1. The largest absolute Gasteiger partial charge is 0.481 e. The summed E-state index contributed by atoms with van der Waals surface area (Å²) in [6.07, 6.45) is 4.04. The molecular formula is C29H34N2O6. The molecule has 3 aliphatic heterocycles. The van der Waals surface area contributed by atoms with Gasteiger partial charge in [-0.05, 0) is 55.0 Å². The summed E-state index contributed by atoms with van der Waals surface area (Å²) in [6, 6.07) is 12.7. The molecule has 3 saturated heterocycles. The second-order valence-electron chi connectivity index (χ2n) is 10.4. The van der Waals surface area contributed by atoms with Crippen molar-refractivity contribution < 1.29 is 29.3 Å². The topological polar surface area (TPSA) is 107 Å². The highest BCUT2D eigenvalue weighted by atomic mass is 16.5. The number of likely N-dealkylation sites (tertiary alicyclic amines) is 1. The zero-order valence-corrected chi connectivity index (χ0v) is 21.1. The van der Waals surface area contributed by atoms with Gasteiger partial charge in [-0.3, -0.25) is 14.4 Å². The van der Waals surface area contributed by atoms with Crippen LogP contribution in [0.25, 0.3) is 10.8 Å². The summed E-state index contributed by atoms with van der Waals surface area (Å²) >= 11 is 0. The number of hydrogen-bond acceptors (Lipinski definition) is 5. The van der Waals surface area contributed by atoms with Gasteiger partial charge in [-0.2, -0.15) is 0 Å². The maximum Gasteiger partial charge on any atom is 0.310 e. The third-order valence-corrected chi connectivity index (χ3v) is 8.61. The van der Waals surface area contributed by atoms with Crippen molar-refractivity contribution in [2.75, 3.05) is 24.6 Å². The molecule has 8 heteroatoms. The van der Waals surface area contributed by atoms with Gasteiger partial charge < -0.3 is 24.7 Å². The first-order valence-corrected chi connectivity index (χ1v) is 13.1. The Balaban J connectivity index is 1.59. The third-order valence-electron chi connectivity index (χ3n) is 8.61. The molecule has 2 bridgehead atoms. The summed E-state index contributed by atoms with van der Waals surface area (Å²) in [5.41, 5.74) is -1.46. The maximum atomic E-state index is 14.5. The number of rotatable bonds is 10. The van der Waals surface area contributed by atoms with Crippen molar-refractivity contribution in [2.45, 2.75) is 56.3 Å². The molecule has 2 N–H and O–H groups in total. The lowest BCUT2D eigenvalue weighted by molar-refractivity contribution is -0.155. The molecule has 5 rings (SSSR count). The van der Waals surface area contributed by atoms with Crippen LogP contribution in [-0.4, -0.2) is 69.8 Å². The van der Waals surface area contributed by atoms with Gasteiger partial charge in [-0.15, -0.1) is 6.58 Å². The van der Waals surface area contributed by atoms with Crippen LogP contribution in [0.1, 0.15) is 39.0 Å². The first-order valence-electron chi connectivity index (χ1n) is 13.1. The number of carboxylic acid groups (broad SMARTS) is 1. The molecule has 3 heterocycles. The Hall–Kier alpha value is -3.23. The van der Waals surface area contributed by atoms with E-state index in [2.05, 4.69) is 6.58 Å². The van der Waals surface area contributed by atoms with Crippen LogP contribution in [0.3, 0.4) is 0 Å². The van der Waals surface area contributed by atoms with Crippen LogP contribution in [0.5, 0.6) is 0 Å². The Labute approximate surface area is 216 Å². The normalized spacial score (nSPS) is 30.1. The second-order valence-corrected chi connectivity index (χ2v) is 10.4. The minimum atomic E-state index is -1.19. The first kappa shape index (κ1) is 25.4. The number of aliphatic hydroxyl groups is 1. The lowest BCUT2D eigenvalue weighted by atomic mass is 9.65. The summed E-state index contributed by atoms with van der Waals surface area (Å²) in [5, 5.41) is 21.6. The zero-order chi connectivity index (χ0) is 26.4. The standard InChI is InChI=1S/C29H34N2O6/c1-3-15-30(21-12-11-19-9-5-6-10-20(19)18-21)26(34)24-29-14-13-28(4-2,37-29)23(27(35)36)22(29)25(33)31(24)16-7-8-17-32/h3,5-6,9-12,18,22-24,32H,1,4,7-8,13-17H2,2H3,(H,35,36)/t22-,23-,24?,28+,29?/m0/s1. The Kier molecular flexibility index (Phi) is 6.58. The number of fused-ring (bicyclic) bond motifs is 2. The average Bonchev–Trinajstić information content (AvgIpc) is 3.50. The molecule has 2 aromatic carbocycles. The molecule has 0 saturated carbocycles. The predicted molar refractivity (Wildman–Crippen MR) is 139 cm³/mol. The molecule has 8 nitrogen and oxygen atoms in total. The van der Waals surface area contributed by atoms with Crippen LogP contribution >= 0.6 is 0 Å². The molecule has 3 fully saturated rings. The fraction of sp³-hybridized carbons (Fsp3) is 0.483. The highest BCUT2D eigenvalue weighted by molar-refractivity contribution is 6.05. The number of nitrogens with zero attached hydrogens (tertiary/aromatic N) is 2. The Bertz CT molecular complexity index is 1250. The predicted octanol–water partition coefficient (Wildman–Crippen LogP) is 3.37. The van der Waals surface area contributed by atoms with Gasteiger partial charge in [0.2, 0.25) is 5.91 Å². The van der Waals surface area contributed by atoms with Crippen LogP contribution in [0, 0.1) is 11.8 Å². The minimum Gasteiger partial charge on any atom is -0.481 e. The lowest BCUT2D eigenvalue weighted by Gasteiger charge is -2.37. The summed E-state index contributed by atoms with van der Waals surface area (Å²) in [6.45, 7) is 6.19. The van der Waals surface area contributed by atoms with E-state index in [1.165, 1.54) is 4.90 Å². The van der Waals surface area contributed by atoms with Crippen LogP contribution in [-0.2, 0) is 19.1 Å². The van der Waals surface area contributed by atoms with Gasteiger partial charge in [0, 0.05) is 25.4 Å². The molecule has 2 amide bonds. The van der Waals surface area contributed by atoms with Crippen LogP contribution in [0.2, 0.25) is 0 Å². The number of anilines is 1. The van der Waals surface area contributed by atoms with E-state index < -0.39 is 35.0 Å². The number of hydrogen-bond donors (Lipinski definition) is 2. The van der Waals surface area contributed by atoms with E-state index >= 15 is 0 Å². The number of aliphatic hydroxyl groups excluding tert-OH is 1. The SMILES string of the molecule is C=CCN(C(=O)C1N(CCCCO)C(=O)[C@@H]2[C@@H](C(=O)O)[C@@]3(CC)CCC12O3)c1ccc2ccccc2c1. The zero-order valence-electron chi connectivity index (χ0n) is 21.1. The van der Waals surface area contributed by atoms with E-state index in [4.69, 9.17) is 4.74 Å². The van der Waals surface area contributed by atoms with Gasteiger partial charge in [-0.25, -0.2) is 0 Å². The number of amides is 2. The highest BCUT2D eigenvalue weighted by Gasteiger charge is 2.79. The number of ether oxygens (including phenoxy) is 1. The third kappa shape index (κ3) is 3.77. The molecule has 5 atom stereocenters. The lowest BCUT2D eigenvalue weighted by Crippen LogP contribution is -2.56. The van der Waals surface area contributed by atoms with Crippen LogP contribution in [0.15, 0.2) is 55.1 Å². The van der Waals surface area contributed by atoms with E-state index in [-0.39, 0.29) is 31.5 Å². The Morgan fingerprint density at radius 1 is 1.19 bits per heavy atom. The van der Waals surface area contributed by atoms with Gasteiger partial charge in [0.05, 0.1) is 11.5 Å². The van der Waals surface area contributed by atoms with E-state index in [9.17, 15) is 24.6 Å². The Morgan fingerprint density at radius 2 is 1.95 bits per heavy atom. The molecule has 0 radical (unpaired) electrons. The molecule has 196 valence electrons. The molecule has 37 heavy (non-hydrogen) atoms. The fourth-order valence-corrected chi connectivity index (χ4v) is 6.95. The van der Waals surface area contributed by atoms with E-state index in [1.807, 2.05) is 49.4 Å². The summed E-state index contributed by atoms with van der Waals surface area (Å²) < 4.78 is 6.60. The Morgan fingerprint density at radius 3 is 2.62 bits per heavy atom. The van der Waals surface area contributed by atoms with Gasteiger partial charge >= 0.3 is 5.97 Å². The number of aliphatic carboxylic acids is 1. The van der Waals surface area contributed by atoms with Crippen molar-refractivity contribution in [2.24, 2.45) is 11.8 Å². The van der Waals surface area contributed by atoms with Gasteiger partial charge in [-0.1, -0.05) is 43.3 Å². The fourth-order valence-electron chi connectivity index (χ4n) is 6.95. The molecule has 2 aromatic rings. The van der Waals surface area contributed by atoms with Crippen LogP contribution in [0.4, 0.5) is 5.69 Å². The van der Waals surface area contributed by atoms with Crippen molar-refractivity contribution in [3.63, 3.8) is 0 Å². The molecule has 0 aliphatic carbocycles. The average molecular weight is 507 g/mol. The molecule has 2 unspecified atom stereocenters. The van der Waals surface area contributed by atoms with Crippen LogP contribution < -0.4 is 4.90 Å². The minimum absolute atomic E-state index is 0.0257. The molecule has 3 aliphatic rings. The smallest absolute Gasteiger partial charge is 0.310 e. The van der Waals surface area contributed by atoms with Gasteiger partial charge in [0.25, 0.3) is 5.91 Å². The maximum absolute atomic E-state index is 14.5. The number of carboxylic acids is 1. The van der Waals surface area contributed by atoms with Crippen molar-refractivity contribution >= 4 is 34.2 Å². The highest BCUT2D eigenvalue weighted by Crippen LogP contribution is 2.64.